The molecular weight excluding hydrogens is 605 g/mol. The zero-order valence-corrected chi connectivity index (χ0v) is 29.5. The van der Waals surface area contributed by atoms with Gasteiger partial charge in [-0.05, 0) is 117 Å². The van der Waals surface area contributed by atoms with Gasteiger partial charge in [0.1, 0.15) is 28.4 Å². The minimum Gasteiger partial charge on any atom is -0.444 e. The van der Waals surface area contributed by atoms with Gasteiger partial charge in [0.15, 0.2) is 0 Å². The van der Waals surface area contributed by atoms with Crippen LogP contribution in [-0.4, -0.2) is 82.1 Å². The Morgan fingerprint density at radius 2 is 1.53 bits per heavy atom. The lowest BCUT2D eigenvalue weighted by molar-refractivity contribution is 0.0233. The van der Waals surface area contributed by atoms with Gasteiger partial charge in [0.05, 0.1) is 0 Å². The number of carbonyl (C=O) groups is 3. The van der Waals surface area contributed by atoms with Crippen LogP contribution in [-0.2, 0) is 27.2 Å². The van der Waals surface area contributed by atoms with Crippen molar-refractivity contribution in [2.45, 2.75) is 105 Å². The molecule has 3 amide bonds. The molecule has 0 saturated carbocycles. The van der Waals surface area contributed by atoms with E-state index in [0.29, 0.717) is 38.4 Å². The summed E-state index contributed by atoms with van der Waals surface area (Å²) in [6.07, 6.45) is -0.945. The number of benzene rings is 1. The van der Waals surface area contributed by atoms with Crippen molar-refractivity contribution in [3.63, 3.8) is 0 Å². The molecular formula is C35H52FN5O6. The first-order valence-corrected chi connectivity index (χ1v) is 16.1. The van der Waals surface area contributed by atoms with Crippen molar-refractivity contribution in [3.8, 4) is 0 Å². The number of anilines is 1. The second-order valence-corrected chi connectivity index (χ2v) is 15.1. The van der Waals surface area contributed by atoms with Crippen LogP contribution in [0.5, 0.6) is 0 Å². The third kappa shape index (κ3) is 13.4. The molecule has 1 saturated heterocycles. The molecule has 260 valence electrons. The summed E-state index contributed by atoms with van der Waals surface area (Å²) >= 11 is 0. The van der Waals surface area contributed by atoms with Gasteiger partial charge in [0.2, 0.25) is 0 Å². The van der Waals surface area contributed by atoms with Gasteiger partial charge in [0, 0.05) is 44.5 Å². The second kappa shape index (κ2) is 15.3. The average molecular weight is 658 g/mol. The van der Waals surface area contributed by atoms with Crippen molar-refractivity contribution in [1.29, 1.82) is 0 Å². The lowest BCUT2D eigenvalue weighted by Crippen LogP contribution is -2.44. The van der Waals surface area contributed by atoms with Crippen molar-refractivity contribution in [3.05, 3.63) is 59.0 Å². The number of nitrogens with one attached hydrogen (secondary N) is 2. The monoisotopic (exact) mass is 657 g/mol. The van der Waals surface area contributed by atoms with Gasteiger partial charge in [-0.2, -0.15) is 0 Å². The molecule has 1 aliphatic rings. The zero-order chi connectivity index (χ0) is 35.2. The molecule has 1 aromatic carbocycles. The number of amides is 3. The summed E-state index contributed by atoms with van der Waals surface area (Å²) in [6.45, 7) is 20.0. The molecule has 0 radical (unpaired) electrons. The first kappa shape index (κ1) is 37.5. The van der Waals surface area contributed by atoms with E-state index >= 15 is 0 Å². The highest BCUT2D eigenvalue weighted by Crippen LogP contribution is 2.25. The van der Waals surface area contributed by atoms with E-state index in [4.69, 9.17) is 14.2 Å². The fourth-order valence-corrected chi connectivity index (χ4v) is 5.13. The van der Waals surface area contributed by atoms with Crippen molar-refractivity contribution >= 4 is 24.1 Å². The van der Waals surface area contributed by atoms with Crippen LogP contribution in [0.1, 0.15) is 79.1 Å². The molecule has 0 unspecified atom stereocenters. The number of rotatable bonds is 9. The van der Waals surface area contributed by atoms with Crippen LogP contribution in [0.25, 0.3) is 0 Å². The van der Waals surface area contributed by atoms with E-state index in [1.807, 2.05) is 33.8 Å². The summed E-state index contributed by atoms with van der Waals surface area (Å²) in [5.74, 6) is -0.00952. The number of nitrogens with zero attached hydrogens (tertiary/aromatic N) is 3. The lowest BCUT2D eigenvalue weighted by Gasteiger charge is -2.28. The number of pyridine rings is 1. The number of likely N-dealkylation sites (tertiary alicyclic amines) is 1. The van der Waals surface area contributed by atoms with Crippen molar-refractivity contribution in [1.82, 2.24) is 20.1 Å². The SMILES string of the molecule is Cc1cc(C[C@H]2CN(C(=O)OC(C)(C)C)C[C@H]2NCCN(Cc2ccc(F)cc2)C(=O)OC(C)(C)C)nc(NC(=O)OC(C)(C)C)c1. The Hall–Kier alpha value is -3.93. The summed E-state index contributed by atoms with van der Waals surface area (Å²) in [5, 5.41) is 6.28. The van der Waals surface area contributed by atoms with Crippen LogP contribution in [0, 0.1) is 18.7 Å². The quantitative estimate of drug-likeness (QED) is 0.287. The summed E-state index contributed by atoms with van der Waals surface area (Å²) < 4.78 is 30.3. The Morgan fingerprint density at radius 1 is 0.915 bits per heavy atom. The molecule has 2 N–H and O–H groups in total. The van der Waals surface area contributed by atoms with Gasteiger partial charge >= 0.3 is 18.3 Å². The number of aromatic nitrogens is 1. The highest BCUT2D eigenvalue weighted by atomic mass is 19.1. The van der Waals surface area contributed by atoms with Crippen LogP contribution < -0.4 is 10.6 Å². The Balaban J connectivity index is 1.77. The summed E-state index contributed by atoms with van der Waals surface area (Å²) in [5.41, 5.74) is 0.462. The molecule has 1 fully saturated rings. The van der Waals surface area contributed by atoms with E-state index in [0.717, 1.165) is 16.8 Å². The van der Waals surface area contributed by atoms with Gasteiger partial charge in [-0.3, -0.25) is 5.32 Å². The number of aryl methyl sites for hydroxylation is 1. The number of halogens is 1. The lowest BCUT2D eigenvalue weighted by atomic mass is 9.97. The molecule has 2 aromatic rings. The van der Waals surface area contributed by atoms with Crippen molar-refractivity contribution in [2.24, 2.45) is 5.92 Å². The molecule has 0 bridgehead atoms. The average Bonchev–Trinajstić information content (AvgIpc) is 3.28. The standard InChI is InChI=1S/C35H52FN5O6/c1-23-17-27(38-29(18-23)39-30(42)45-33(2,3)4)19-25-21-41(32(44)47-35(8,9)10)22-28(25)37-15-16-40(31(43)46-34(5,6)7)20-24-11-13-26(36)14-12-24/h11-14,17-18,25,28,37H,15-16,19-22H2,1-10H3,(H,38,39,42)/t25-,28+/m0/s1. The van der Waals surface area contributed by atoms with Crippen LogP contribution in [0.4, 0.5) is 24.6 Å². The number of ether oxygens (including phenoxy) is 3. The molecule has 11 nitrogen and oxygen atoms in total. The maximum atomic E-state index is 13.5. The van der Waals surface area contributed by atoms with E-state index in [9.17, 15) is 18.8 Å². The van der Waals surface area contributed by atoms with Crippen LogP contribution >= 0.6 is 0 Å². The maximum absolute atomic E-state index is 13.5. The van der Waals surface area contributed by atoms with Gasteiger partial charge in [0.25, 0.3) is 0 Å². The second-order valence-electron chi connectivity index (χ2n) is 15.1. The molecule has 0 spiro atoms. The predicted octanol–water partition coefficient (Wildman–Crippen LogP) is 6.68. The van der Waals surface area contributed by atoms with Crippen LogP contribution in [0.15, 0.2) is 36.4 Å². The molecule has 3 rings (SSSR count). The molecule has 1 aromatic heterocycles. The molecule has 47 heavy (non-hydrogen) atoms. The van der Waals surface area contributed by atoms with Gasteiger partial charge in [-0.15, -0.1) is 0 Å². The topological polar surface area (TPSA) is 122 Å². The Morgan fingerprint density at radius 3 is 2.13 bits per heavy atom. The largest absolute Gasteiger partial charge is 0.444 e. The minimum absolute atomic E-state index is 0.0433. The predicted molar refractivity (Wildman–Crippen MR) is 179 cm³/mol. The van der Waals surface area contributed by atoms with E-state index in [1.54, 1.807) is 69.5 Å². The van der Waals surface area contributed by atoms with Gasteiger partial charge in [-0.1, -0.05) is 12.1 Å². The Kier molecular flexibility index (Phi) is 12.2. The van der Waals surface area contributed by atoms with Crippen molar-refractivity contribution in [2.75, 3.05) is 31.5 Å². The first-order chi connectivity index (χ1) is 21.7. The summed E-state index contributed by atoms with van der Waals surface area (Å²) in [4.78, 5) is 46.6. The van der Waals surface area contributed by atoms with E-state index < -0.39 is 35.1 Å². The molecule has 1 aliphatic heterocycles. The van der Waals surface area contributed by atoms with E-state index in [2.05, 4.69) is 15.6 Å². The van der Waals surface area contributed by atoms with E-state index in [-0.39, 0.29) is 24.3 Å². The van der Waals surface area contributed by atoms with Crippen LogP contribution in [0.2, 0.25) is 0 Å². The molecule has 12 heteroatoms. The highest BCUT2D eigenvalue weighted by molar-refractivity contribution is 5.83. The normalized spacial score (nSPS) is 16.9. The smallest absolute Gasteiger partial charge is 0.413 e. The van der Waals surface area contributed by atoms with E-state index in [1.165, 1.54) is 12.1 Å². The van der Waals surface area contributed by atoms with Crippen molar-refractivity contribution < 1.29 is 33.0 Å². The van der Waals surface area contributed by atoms with Crippen LogP contribution in [0.3, 0.4) is 0 Å². The maximum Gasteiger partial charge on any atom is 0.413 e. The molecule has 2 atom stereocenters. The van der Waals surface area contributed by atoms with Gasteiger partial charge in [-0.25, -0.2) is 23.8 Å². The number of carbonyl (C=O) groups excluding carboxylic acids is 3. The minimum atomic E-state index is -0.686. The third-order valence-corrected chi connectivity index (χ3v) is 6.94. The highest BCUT2D eigenvalue weighted by Gasteiger charge is 2.37. The Bertz CT molecular complexity index is 1380. The fraction of sp³-hybridized carbons (Fsp3) is 0.600. The zero-order valence-electron chi connectivity index (χ0n) is 29.5. The summed E-state index contributed by atoms with van der Waals surface area (Å²) in [7, 11) is 0. The van der Waals surface area contributed by atoms with Gasteiger partial charge < -0.3 is 29.3 Å². The number of hydrogen-bond donors (Lipinski definition) is 2. The third-order valence-electron chi connectivity index (χ3n) is 6.94. The fourth-order valence-electron chi connectivity index (χ4n) is 5.13. The Labute approximate surface area is 278 Å². The molecule has 0 aliphatic carbocycles. The first-order valence-electron chi connectivity index (χ1n) is 16.1. The number of hydrogen-bond acceptors (Lipinski definition) is 8. The molecule has 2 heterocycles. The summed E-state index contributed by atoms with van der Waals surface area (Å²) in [6, 6.07) is 9.61.